The fraction of sp³-hybridized carbons (Fsp3) is 0.857. The van der Waals surface area contributed by atoms with E-state index < -0.39 is 7.87 Å². The molecule has 0 aromatic rings. The molecule has 0 aromatic carbocycles. The van der Waals surface area contributed by atoms with Crippen molar-refractivity contribution in [3.05, 3.63) is 0 Å². The van der Waals surface area contributed by atoms with Crippen LogP contribution in [0.3, 0.4) is 0 Å². The SMILES string of the molecule is CCN(CC)[PH](O)(O)CCC#N. The maximum absolute atomic E-state index is 9.57. The summed E-state index contributed by atoms with van der Waals surface area (Å²) >= 11 is 0. The van der Waals surface area contributed by atoms with E-state index in [0.29, 0.717) is 13.1 Å². The van der Waals surface area contributed by atoms with Crippen molar-refractivity contribution in [1.29, 1.82) is 5.26 Å². The van der Waals surface area contributed by atoms with Crippen molar-refractivity contribution in [1.82, 2.24) is 4.67 Å². The van der Waals surface area contributed by atoms with Crippen LogP contribution in [0, 0.1) is 11.3 Å². The van der Waals surface area contributed by atoms with E-state index in [1.54, 1.807) is 4.67 Å². The molecule has 0 saturated heterocycles. The van der Waals surface area contributed by atoms with Crippen molar-refractivity contribution in [2.75, 3.05) is 19.3 Å². The first-order valence-electron chi connectivity index (χ1n) is 4.15. The molecule has 5 heteroatoms. The standard InChI is InChI=1S/C7H17N2O2P/c1-3-9(4-2)12(10,11)7-5-6-8/h10-12H,3-5,7H2,1-2H3. The number of rotatable bonds is 5. The van der Waals surface area contributed by atoms with E-state index in [1.165, 1.54) is 0 Å². The van der Waals surface area contributed by atoms with Crippen molar-refractivity contribution in [3.63, 3.8) is 0 Å². The fourth-order valence-electron chi connectivity index (χ4n) is 1.11. The molecule has 0 atom stereocenters. The number of hydrogen-bond donors (Lipinski definition) is 2. The zero-order valence-electron chi connectivity index (χ0n) is 7.62. The average Bonchev–Trinajstić information content (AvgIpc) is 2.03. The van der Waals surface area contributed by atoms with Crippen LogP contribution in [0.25, 0.3) is 0 Å². The summed E-state index contributed by atoms with van der Waals surface area (Å²) in [5, 5.41) is 8.29. The molecule has 0 aliphatic carbocycles. The zero-order valence-corrected chi connectivity index (χ0v) is 8.62. The van der Waals surface area contributed by atoms with Gasteiger partial charge in [0.15, 0.2) is 0 Å². The van der Waals surface area contributed by atoms with E-state index in [4.69, 9.17) is 5.26 Å². The van der Waals surface area contributed by atoms with Crippen LogP contribution in [0.15, 0.2) is 0 Å². The van der Waals surface area contributed by atoms with E-state index in [-0.39, 0.29) is 12.6 Å². The van der Waals surface area contributed by atoms with Crippen LogP contribution in [-0.2, 0) is 0 Å². The third-order valence-corrected chi connectivity index (χ3v) is 4.41. The molecule has 0 aliphatic rings. The summed E-state index contributed by atoms with van der Waals surface area (Å²) in [5.74, 6) is 0. The van der Waals surface area contributed by atoms with Gasteiger partial charge in [0.1, 0.15) is 0 Å². The molecule has 0 bridgehead atoms. The molecule has 0 heterocycles. The molecule has 0 aromatic heterocycles. The van der Waals surface area contributed by atoms with Crippen LogP contribution in [0.2, 0.25) is 0 Å². The summed E-state index contributed by atoms with van der Waals surface area (Å²) in [5.41, 5.74) is 0. The van der Waals surface area contributed by atoms with Gasteiger partial charge in [0.25, 0.3) is 0 Å². The Bertz CT molecular complexity index is 163. The maximum atomic E-state index is 9.57. The summed E-state index contributed by atoms with van der Waals surface area (Å²) in [6.45, 7) is 5.01. The molecule has 0 unspecified atom stereocenters. The molecule has 0 saturated carbocycles. The Hall–Kier alpha value is -0.200. The summed E-state index contributed by atoms with van der Waals surface area (Å²) in [4.78, 5) is 19.1. The van der Waals surface area contributed by atoms with Crippen LogP contribution in [0.4, 0.5) is 0 Å². The van der Waals surface area contributed by atoms with Gasteiger partial charge in [0.05, 0.1) is 0 Å². The van der Waals surface area contributed by atoms with Crippen LogP contribution in [0.1, 0.15) is 20.3 Å². The van der Waals surface area contributed by atoms with Gasteiger partial charge >= 0.3 is 73.2 Å². The molecular weight excluding hydrogens is 175 g/mol. The van der Waals surface area contributed by atoms with Crippen molar-refractivity contribution >= 4 is 7.87 Å². The van der Waals surface area contributed by atoms with Crippen molar-refractivity contribution in [2.45, 2.75) is 20.3 Å². The second-order valence-corrected chi connectivity index (χ2v) is 5.29. The number of hydrogen-bond acceptors (Lipinski definition) is 4. The summed E-state index contributed by atoms with van der Waals surface area (Å²) in [7, 11) is -3.24. The van der Waals surface area contributed by atoms with Gasteiger partial charge in [0, 0.05) is 0 Å². The minimum absolute atomic E-state index is 0.213. The van der Waals surface area contributed by atoms with Crippen molar-refractivity contribution in [2.24, 2.45) is 0 Å². The number of nitriles is 1. The van der Waals surface area contributed by atoms with Crippen LogP contribution in [0.5, 0.6) is 0 Å². The van der Waals surface area contributed by atoms with Gasteiger partial charge in [-0.25, -0.2) is 0 Å². The molecule has 2 N–H and O–H groups in total. The Kier molecular flexibility index (Phi) is 5.36. The normalized spacial score (nSPS) is 13.0. The first-order valence-corrected chi connectivity index (χ1v) is 6.20. The van der Waals surface area contributed by atoms with Gasteiger partial charge in [-0.3, -0.25) is 0 Å². The van der Waals surface area contributed by atoms with Gasteiger partial charge in [-0.2, -0.15) is 0 Å². The summed E-state index contributed by atoms with van der Waals surface area (Å²) in [6.07, 6.45) is 0.431. The second-order valence-electron chi connectivity index (χ2n) is 2.60. The average molecular weight is 192 g/mol. The molecule has 72 valence electrons. The molecular formula is C7H17N2O2P. The number of nitrogens with zero attached hydrogens (tertiary/aromatic N) is 2. The molecule has 4 nitrogen and oxygen atoms in total. The van der Waals surface area contributed by atoms with Crippen molar-refractivity contribution < 1.29 is 9.79 Å². The van der Waals surface area contributed by atoms with Crippen LogP contribution >= 0.6 is 7.87 Å². The second kappa shape index (κ2) is 5.45. The molecule has 0 rings (SSSR count). The Balaban J connectivity index is 4.07. The van der Waals surface area contributed by atoms with Gasteiger partial charge in [-0.05, 0) is 0 Å². The van der Waals surface area contributed by atoms with Gasteiger partial charge in [-0.15, -0.1) is 0 Å². The predicted octanol–water partition coefficient (Wildman–Crippen LogP) is 0.721. The van der Waals surface area contributed by atoms with Gasteiger partial charge in [0.2, 0.25) is 0 Å². The Morgan fingerprint density at radius 1 is 1.33 bits per heavy atom. The van der Waals surface area contributed by atoms with E-state index in [9.17, 15) is 9.79 Å². The zero-order chi connectivity index (χ0) is 9.61. The van der Waals surface area contributed by atoms with Crippen molar-refractivity contribution in [3.8, 4) is 6.07 Å². The molecule has 0 fully saturated rings. The van der Waals surface area contributed by atoms with E-state index in [0.717, 1.165) is 0 Å². The minimum atomic E-state index is -3.24. The topological polar surface area (TPSA) is 67.5 Å². The first kappa shape index (κ1) is 11.8. The van der Waals surface area contributed by atoms with E-state index in [1.807, 2.05) is 19.9 Å². The Morgan fingerprint density at radius 3 is 2.17 bits per heavy atom. The third-order valence-electron chi connectivity index (χ3n) is 1.84. The van der Waals surface area contributed by atoms with Crippen LogP contribution < -0.4 is 0 Å². The van der Waals surface area contributed by atoms with Gasteiger partial charge < -0.3 is 0 Å². The molecule has 12 heavy (non-hydrogen) atoms. The Morgan fingerprint density at radius 2 is 1.83 bits per heavy atom. The molecule has 0 spiro atoms. The van der Waals surface area contributed by atoms with E-state index >= 15 is 0 Å². The molecule has 0 aliphatic heterocycles. The summed E-state index contributed by atoms with van der Waals surface area (Å²) < 4.78 is 1.64. The Labute approximate surface area is 74.0 Å². The molecule has 0 amide bonds. The summed E-state index contributed by atoms with van der Waals surface area (Å²) in [6, 6.07) is 1.91. The monoisotopic (exact) mass is 192 g/mol. The van der Waals surface area contributed by atoms with E-state index in [2.05, 4.69) is 0 Å². The first-order chi connectivity index (χ1) is 5.58. The quantitative estimate of drug-likeness (QED) is 0.630. The predicted molar refractivity (Wildman–Crippen MR) is 50.8 cm³/mol. The fourth-order valence-corrected chi connectivity index (χ4v) is 2.89. The van der Waals surface area contributed by atoms with Crippen LogP contribution in [-0.4, -0.2) is 33.7 Å². The van der Waals surface area contributed by atoms with Gasteiger partial charge in [-0.1, -0.05) is 0 Å². The third kappa shape index (κ3) is 3.46. The molecule has 0 radical (unpaired) electrons.